The van der Waals surface area contributed by atoms with Crippen molar-refractivity contribution in [3.63, 3.8) is 0 Å². The van der Waals surface area contributed by atoms with Gasteiger partial charge in [0.25, 0.3) is 0 Å². The zero-order chi connectivity index (χ0) is 8.97. The summed E-state index contributed by atoms with van der Waals surface area (Å²) in [6.45, 7) is 8.17. The van der Waals surface area contributed by atoms with Gasteiger partial charge in [-0.2, -0.15) is 0 Å². The molecule has 1 saturated carbocycles. The van der Waals surface area contributed by atoms with Crippen molar-refractivity contribution in [2.45, 2.75) is 52.5 Å². The van der Waals surface area contributed by atoms with Crippen molar-refractivity contribution in [1.82, 2.24) is 5.32 Å². The fraction of sp³-hybridized carbons (Fsp3) is 1.00. The monoisotopic (exact) mass is 169 g/mol. The first-order valence-electron chi connectivity index (χ1n) is 5.49. The summed E-state index contributed by atoms with van der Waals surface area (Å²) in [5, 5.41) is 3.60. The number of rotatable bonds is 4. The molecule has 3 unspecified atom stereocenters. The maximum atomic E-state index is 3.60. The van der Waals surface area contributed by atoms with E-state index in [0.717, 1.165) is 17.9 Å². The summed E-state index contributed by atoms with van der Waals surface area (Å²) in [4.78, 5) is 0. The first-order valence-corrected chi connectivity index (χ1v) is 5.49. The van der Waals surface area contributed by atoms with E-state index in [4.69, 9.17) is 0 Å². The molecule has 0 heterocycles. The zero-order valence-electron chi connectivity index (χ0n) is 8.77. The Morgan fingerprint density at radius 1 is 1.42 bits per heavy atom. The smallest absolute Gasteiger partial charge is 0.00695 e. The normalized spacial score (nSPS) is 32.2. The van der Waals surface area contributed by atoms with E-state index in [1.807, 2.05) is 0 Å². The maximum Gasteiger partial charge on any atom is 0.00695 e. The van der Waals surface area contributed by atoms with Crippen LogP contribution < -0.4 is 5.32 Å². The summed E-state index contributed by atoms with van der Waals surface area (Å²) in [5.41, 5.74) is 0. The van der Waals surface area contributed by atoms with Crippen LogP contribution >= 0.6 is 0 Å². The van der Waals surface area contributed by atoms with Crippen LogP contribution in [0, 0.1) is 11.8 Å². The van der Waals surface area contributed by atoms with E-state index in [1.54, 1.807) is 0 Å². The molecule has 1 rings (SSSR count). The molecule has 1 nitrogen and oxygen atoms in total. The van der Waals surface area contributed by atoms with Gasteiger partial charge in [0.05, 0.1) is 0 Å². The van der Waals surface area contributed by atoms with E-state index in [0.29, 0.717) is 0 Å². The van der Waals surface area contributed by atoms with Crippen LogP contribution in [0.3, 0.4) is 0 Å². The van der Waals surface area contributed by atoms with Gasteiger partial charge < -0.3 is 5.32 Å². The lowest BCUT2D eigenvalue weighted by Crippen LogP contribution is -2.35. The van der Waals surface area contributed by atoms with Crippen molar-refractivity contribution in [2.75, 3.05) is 6.54 Å². The Morgan fingerprint density at radius 3 is 2.67 bits per heavy atom. The molecule has 0 radical (unpaired) electrons. The Balaban J connectivity index is 2.25. The van der Waals surface area contributed by atoms with Gasteiger partial charge in [-0.15, -0.1) is 0 Å². The molecule has 0 aromatic rings. The van der Waals surface area contributed by atoms with Crippen LogP contribution in [0.25, 0.3) is 0 Å². The Bertz CT molecular complexity index is 122. The van der Waals surface area contributed by atoms with Gasteiger partial charge in [0, 0.05) is 6.04 Å². The molecular formula is C11H23N. The summed E-state index contributed by atoms with van der Waals surface area (Å²) >= 11 is 0. The van der Waals surface area contributed by atoms with Gasteiger partial charge in [-0.05, 0) is 38.1 Å². The lowest BCUT2D eigenvalue weighted by molar-refractivity contribution is 0.314. The SMILES string of the molecule is CCCNC(C)C1CCCC1C. The van der Waals surface area contributed by atoms with E-state index in [1.165, 1.54) is 32.2 Å². The Kier molecular flexibility index (Phi) is 4.07. The predicted molar refractivity (Wildman–Crippen MR) is 54.3 cm³/mol. The quantitative estimate of drug-likeness (QED) is 0.682. The van der Waals surface area contributed by atoms with Gasteiger partial charge >= 0.3 is 0 Å². The Morgan fingerprint density at radius 2 is 2.17 bits per heavy atom. The van der Waals surface area contributed by atoms with E-state index >= 15 is 0 Å². The number of nitrogens with one attached hydrogen (secondary N) is 1. The minimum absolute atomic E-state index is 0.738. The second-order valence-electron chi connectivity index (χ2n) is 4.31. The summed E-state index contributed by atoms with van der Waals surface area (Å²) in [7, 11) is 0. The van der Waals surface area contributed by atoms with Crippen LogP contribution in [0.4, 0.5) is 0 Å². The van der Waals surface area contributed by atoms with E-state index < -0.39 is 0 Å². The van der Waals surface area contributed by atoms with Crippen LogP contribution in [0.2, 0.25) is 0 Å². The van der Waals surface area contributed by atoms with E-state index in [2.05, 4.69) is 26.1 Å². The second kappa shape index (κ2) is 4.86. The highest BCUT2D eigenvalue weighted by molar-refractivity contribution is 4.81. The molecule has 0 bridgehead atoms. The molecule has 0 aromatic heterocycles. The summed E-state index contributed by atoms with van der Waals surface area (Å²) in [5.74, 6) is 1.89. The highest BCUT2D eigenvalue weighted by Crippen LogP contribution is 2.33. The second-order valence-corrected chi connectivity index (χ2v) is 4.31. The number of hydrogen-bond donors (Lipinski definition) is 1. The van der Waals surface area contributed by atoms with Crippen molar-refractivity contribution in [2.24, 2.45) is 11.8 Å². The van der Waals surface area contributed by atoms with Crippen LogP contribution in [-0.2, 0) is 0 Å². The van der Waals surface area contributed by atoms with Crippen LogP contribution in [0.5, 0.6) is 0 Å². The van der Waals surface area contributed by atoms with Crippen LogP contribution in [0.1, 0.15) is 46.5 Å². The van der Waals surface area contributed by atoms with Crippen molar-refractivity contribution >= 4 is 0 Å². The van der Waals surface area contributed by atoms with Gasteiger partial charge in [0.2, 0.25) is 0 Å². The zero-order valence-corrected chi connectivity index (χ0v) is 8.77. The molecule has 1 N–H and O–H groups in total. The first kappa shape index (κ1) is 10.0. The summed E-state index contributed by atoms with van der Waals surface area (Å²) in [6, 6.07) is 0.738. The third kappa shape index (κ3) is 2.48. The fourth-order valence-corrected chi connectivity index (χ4v) is 2.44. The van der Waals surface area contributed by atoms with Gasteiger partial charge in [-0.1, -0.05) is 26.7 Å². The van der Waals surface area contributed by atoms with Gasteiger partial charge in [-0.25, -0.2) is 0 Å². The Labute approximate surface area is 76.9 Å². The first-order chi connectivity index (χ1) is 5.75. The van der Waals surface area contributed by atoms with Crippen molar-refractivity contribution < 1.29 is 0 Å². The van der Waals surface area contributed by atoms with E-state index in [9.17, 15) is 0 Å². The average molecular weight is 169 g/mol. The van der Waals surface area contributed by atoms with Crippen LogP contribution in [0.15, 0.2) is 0 Å². The molecule has 72 valence electrons. The standard InChI is InChI=1S/C11H23N/c1-4-8-12-10(3)11-7-5-6-9(11)2/h9-12H,4-8H2,1-3H3. The largest absolute Gasteiger partial charge is 0.314 e. The molecule has 1 aliphatic rings. The summed E-state index contributed by atoms with van der Waals surface area (Å²) in [6.07, 6.45) is 5.59. The van der Waals surface area contributed by atoms with Crippen LogP contribution in [-0.4, -0.2) is 12.6 Å². The minimum Gasteiger partial charge on any atom is -0.314 e. The van der Waals surface area contributed by atoms with Crippen molar-refractivity contribution in [1.29, 1.82) is 0 Å². The van der Waals surface area contributed by atoms with Gasteiger partial charge in [0.1, 0.15) is 0 Å². The molecule has 0 aromatic carbocycles. The van der Waals surface area contributed by atoms with Gasteiger partial charge in [0.15, 0.2) is 0 Å². The van der Waals surface area contributed by atoms with Crippen molar-refractivity contribution in [3.05, 3.63) is 0 Å². The lowest BCUT2D eigenvalue weighted by atomic mass is 9.91. The molecule has 1 heteroatoms. The average Bonchev–Trinajstić information content (AvgIpc) is 2.47. The summed E-state index contributed by atoms with van der Waals surface area (Å²) < 4.78 is 0. The lowest BCUT2D eigenvalue weighted by Gasteiger charge is -2.24. The third-order valence-electron chi connectivity index (χ3n) is 3.29. The van der Waals surface area contributed by atoms with Crippen molar-refractivity contribution in [3.8, 4) is 0 Å². The fourth-order valence-electron chi connectivity index (χ4n) is 2.44. The minimum atomic E-state index is 0.738. The molecule has 12 heavy (non-hydrogen) atoms. The molecule has 0 saturated heterocycles. The highest BCUT2D eigenvalue weighted by atomic mass is 14.9. The molecule has 0 amide bonds. The molecule has 1 fully saturated rings. The van der Waals surface area contributed by atoms with Gasteiger partial charge in [-0.3, -0.25) is 0 Å². The molecule has 3 atom stereocenters. The third-order valence-corrected chi connectivity index (χ3v) is 3.29. The predicted octanol–water partition coefficient (Wildman–Crippen LogP) is 2.81. The number of hydrogen-bond acceptors (Lipinski definition) is 1. The Hall–Kier alpha value is -0.0400. The maximum absolute atomic E-state index is 3.60. The van der Waals surface area contributed by atoms with E-state index in [-0.39, 0.29) is 0 Å². The molecule has 0 aliphatic heterocycles. The molecule has 1 aliphatic carbocycles. The molecule has 0 spiro atoms. The highest BCUT2D eigenvalue weighted by Gasteiger charge is 2.27. The molecular weight excluding hydrogens is 146 g/mol. The topological polar surface area (TPSA) is 12.0 Å².